The highest BCUT2D eigenvalue weighted by Gasteiger charge is 2.20. The minimum atomic E-state index is -4.54. The van der Waals surface area contributed by atoms with Crippen LogP contribution in [0.1, 0.15) is 239 Å². The van der Waals surface area contributed by atoms with E-state index in [1.54, 1.807) is 0 Å². The summed E-state index contributed by atoms with van der Waals surface area (Å²) in [6.45, 7) is 5.30. The third-order valence-electron chi connectivity index (χ3n) is 11.8. The van der Waals surface area contributed by atoms with Crippen molar-refractivity contribution < 1.29 is 37.3 Å². The van der Waals surface area contributed by atoms with Crippen LogP contribution < -0.4 is 4.89 Å². The van der Waals surface area contributed by atoms with Gasteiger partial charge >= 0.3 is 5.97 Å². The van der Waals surface area contributed by atoms with Gasteiger partial charge in [-0.15, -0.1) is 0 Å². The molecular weight excluding hydrogens is 842 g/mol. The zero-order chi connectivity index (χ0) is 48.3. The van der Waals surface area contributed by atoms with Crippen LogP contribution in [-0.4, -0.2) is 70.7 Å². The van der Waals surface area contributed by atoms with E-state index in [1.165, 1.54) is 141 Å². The third kappa shape index (κ3) is 53.2. The first-order valence-corrected chi connectivity index (χ1v) is 29.0. The zero-order valence-corrected chi connectivity index (χ0v) is 44.8. The number of carbonyl (C=O) groups is 1. The number of phosphoric ester groups is 1. The van der Waals surface area contributed by atoms with Crippen LogP contribution >= 0.6 is 7.82 Å². The Morgan fingerprint density at radius 3 is 1.32 bits per heavy atom. The number of unbranched alkanes of at least 4 members (excludes halogenated alkanes) is 27. The maximum absolute atomic E-state index is 12.8. The summed E-state index contributed by atoms with van der Waals surface area (Å²) in [7, 11) is 1.35. The highest BCUT2D eigenvalue weighted by molar-refractivity contribution is 7.45. The van der Waals surface area contributed by atoms with Crippen molar-refractivity contribution >= 4 is 13.8 Å². The molecule has 0 saturated carbocycles. The van der Waals surface area contributed by atoms with Crippen molar-refractivity contribution in [1.29, 1.82) is 0 Å². The zero-order valence-electron chi connectivity index (χ0n) is 43.9. The molecule has 2 atom stereocenters. The van der Waals surface area contributed by atoms with Gasteiger partial charge in [0, 0.05) is 13.0 Å². The van der Waals surface area contributed by atoms with E-state index in [9.17, 15) is 14.3 Å². The van der Waals surface area contributed by atoms with Crippen LogP contribution in [0.2, 0.25) is 0 Å². The average molecular weight is 948 g/mol. The van der Waals surface area contributed by atoms with Gasteiger partial charge in [-0.05, 0) is 57.8 Å². The maximum Gasteiger partial charge on any atom is 0.306 e. The van der Waals surface area contributed by atoms with Crippen molar-refractivity contribution in [1.82, 2.24) is 0 Å². The molecule has 0 rings (SSSR count). The molecule has 66 heavy (non-hydrogen) atoms. The molecule has 0 aromatic rings. The molecular formula is C57H106NO7P. The maximum atomic E-state index is 12.8. The molecule has 0 fully saturated rings. The number of esters is 1. The quantitative estimate of drug-likeness (QED) is 0.0197. The normalized spacial score (nSPS) is 14.0. The summed E-state index contributed by atoms with van der Waals surface area (Å²) >= 11 is 0. The first-order chi connectivity index (χ1) is 32.1. The van der Waals surface area contributed by atoms with Crippen LogP contribution in [0.5, 0.6) is 0 Å². The van der Waals surface area contributed by atoms with E-state index in [0.29, 0.717) is 24.1 Å². The lowest BCUT2D eigenvalue weighted by molar-refractivity contribution is -0.870. The smallest absolute Gasteiger partial charge is 0.306 e. The average Bonchev–Trinajstić information content (AvgIpc) is 3.28. The van der Waals surface area contributed by atoms with Crippen molar-refractivity contribution in [2.24, 2.45) is 0 Å². The Hall–Kier alpha value is -1.80. The molecule has 0 spiro atoms. The summed E-state index contributed by atoms with van der Waals surface area (Å²) in [4.78, 5) is 25.2. The molecule has 0 amide bonds. The van der Waals surface area contributed by atoms with Crippen LogP contribution in [-0.2, 0) is 27.9 Å². The fraction of sp³-hybridized carbons (Fsp3) is 0.807. The predicted octanol–water partition coefficient (Wildman–Crippen LogP) is 16.6. The standard InChI is InChI=1S/C57H106NO7P/c1-6-8-10-12-14-16-18-20-22-24-26-28-30-32-34-36-38-40-42-44-46-48-50-57(59)65-56(55-64-66(60,61)63-53-51-58(3,4)5)54-62-52-49-47-45-43-41-39-37-35-33-31-29-27-25-23-21-19-17-15-13-11-9-7-2/h9,11,15,17,21,23,27,29,33,35,56H,6-8,10,12-14,16,18-20,22,24-26,28,30-32,34,36-55H2,1-5H3/b11-9-,17-15-,23-21-,29-27-,35-33-. The van der Waals surface area contributed by atoms with Crippen molar-refractivity contribution in [3.8, 4) is 0 Å². The molecule has 0 aliphatic heterocycles. The van der Waals surface area contributed by atoms with E-state index >= 15 is 0 Å². The van der Waals surface area contributed by atoms with Gasteiger partial charge in [-0.1, -0.05) is 235 Å². The Morgan fingerprint density at radius 2 is 0.879 bits per heavy atom. The molecule has 2 unspecified atom stereocenters. The number of ether oxygens (including phenoxy) is 2. The van der Waals surface area contributed by atoms with Gasteiger partial charge in [0.15, 0.2) is 0 Å². The number of phosphoric acid groups is 1. The number of nitrogens with zero attached hydrogens (tertiary/aromatic N) is 1. The number of rotatable bonds is 51. The molecule has 0 aliphatic rings. The lowest BCUT2D eigenvalue weighted by Crippen LogP contribution is -2.37. The van der Waals surface area contributed by atoms with Crippen molar-refractivity contribution in [3.63, 3.8) is 0 Å². The molecule has 0 saturated heterocycles. The van der Waals surface area contributed by atoms with E-state index in [2.05, 4.69) is 74.6 Å². The lowest BCUT2D eigenvalue weighted by atomic mass is 10.0. The topological polar surface area (TPSA) is 94.1 Å². The summed E-state index contributed by atoms with van der Waals surface area (Å²) in [5.74, 6) is -0.336. The fourth-order valence-corrected chi connectivity index (χ4v) is 8.36. The number of hydrogen-bond donors (Lipinski definition) is 0. The minimum absolute atomic E-state index is 0.0219. The summed E-state index contributed by atoms with van der Waals surface area (Å²) in [5, 5.41) is 0. The molecule has 9 heteroatoms. The number of hydrogen-bond acceptors (Lipinski definition) is 7. The van der Waals surface area contributed by atoms with Crippen molar-refractivity contribution in [3.05, 3.63) is 60.8 Å². The summed E-state index contributed by atoms with van der Waals surface area (Å²) in [5.41, 5.74) is 0. The van der Waals surface area contributed by atoms with Gasteiger partial charge in [-0.3, -0.25) is 9.36 Å². The first-order valence-electron chi connectivity index (χ1n) is 27.5. The SMILES string of the molecule is CC/C=C\C/C=C\C/C=C\C/C=C\C/C=C\CCCCCCCCOCC(COP(=O)([O-])OCC[N+](C)(C)C)OC(=O)CCCCCCCCCCCCCCCCCCCCCCCC. The Morgan fingerprint density at radius 1 is 0.485 bits per heavy atom. The largest absolute Gasteiger partial charge is 0.756 e. The first kappa shape index (κ1) is 64.2. The van der Waals surface area contributed by atoms with Gasteiger partial charge in [0.1, 0.15) is 19.3 Å². The molecule has 0 heterocycles. The fourth-order valence-electron chi connectivity index (χ4n) is 7.63. The molecule has 0 aliphatic carbocycles. The molecule has 8 nitrogen and oxygen atoms in total. The number of allylic oxidation sites excluding steroid dienone is 10. The molecule has 0 bridgehead atoms. The Balaban J connectivity index is 4.13. The van der Waals surface area contributed by atoms with E-state index in [1.807, 2.05) is 21.1 Å². The Bertz CT molecular complexity index is 1240. The molecule has 0 aromatic heterocycles. The van der Waals surface area contributed by atoms with Crippen molar-refractivity contribution in [2.75, 3.05) is 54.1 Å². The van der Waals surface area contributed by atoms with Crippen LogP contribution in [0, 0.1) is 0 Å². The minimum Gasteiger partial charge on any atom is -0.756 e. The lowest BCUT2D eigenvalue weighted by Gasteiger charge is -2.28. The second kappa shape index (κ2) is 49.6. The second-order valence-electron chi connectivity index (χ2n) is 19.6. The molecule has 0 radical (unpaired) electrons. The van der Waals surface area contributed by atoms with Gasteiger partial charge in [-0.25, -0.2) is 0 Å². The van der Waals surface area contributed by atoms with E-state index in [-0.39, 0.29) is 25.8 Å². The van der Waals surface area contributed by atoms with Crippen LogP contribution in [0.25, 0.3) is 0 Å². The molecule has 386 valence electrons. The van der Waals surface area contributed by atoms with E-state index in [0.717, 1.165) is 77.0 Å². The number of quaternary nitrogens is 1. The second-order valence-corrected chi connectivity index (χ2v) is 21.0. The summed E-state index contributed by atoms with van der Waals surface area (Å²) in [6, 6.07) is 0. The predicted molar refractivity (Wildman–Crippen MR) is 282 cm³/mol. The van der Waals surface area contributed by atoms with Crippen molar-refractivity contribution in [2.45, 2.75) is 245 Å². The highest BCUT2D eigenvalue weighted by Crippen LogP contribution is 2.38. The monoisotopic (exact) mass is 948 g/mol. The van der Waals surface area contributed by atoms with Gasteiger partial charge < -0.3 is 27.9 Å². The Kier molecular flexibility index (Phi) is 48.3. The third-order valence-corrected chi connectivity index (χ3v) is 12.8. The number of likely N-dealkylation sites (N-methyl/N-ethyl adjacent to an activating group) is 1. The van der Waals surface area contributed by atoms with E-state index < -0.39 is 13.9 Å². The molecule has 0 aromatic carbocycles. The van der Waals surface area contributed by atoms with Crippen LogP contribution in [0.3, 0.4) is 0 Å². The highest BCUT2D eigenvalue weighted by atomic mass is 31.2. The number of carbonyl (C=O) groups excluding carboxylic acids is 1. The van der Waals surface area contributed by atoms with Crippen LogP contribution in [0.15, 0.2) is 60.8 Å². The molecule has 0 N–H and O–H groups in total. The van der Waals surface area contributed by atoms with Crippen LogP contribution in [0.4, 0.5) is 0 Å². The Labute approximate surface area is 409 Å². The van der Waals surface area contributed by atoms with Gasteiger partial charge in [0.2, 0.25) is 0 Å². The van der Waals surface area contributed by atoms with Gasteiger partial charge in [0.25, 0.3) is 7.82 Å². The van der Waals surface area contributed by atoms with Gasteiger partial charge in [-0.2, -0.15) is 0 Å². The summed E-state index contributed by atoms with van der Waals surface area (Å²) in [6.07, 6.45) is 64.0. The van der Waals surface area contributed by atoms with E-state index in [4.69, 9.17) is 18.5 Å². The summed E-state index contributed by atoms with van der Waals surface area (Å²) < 4.78 is 34.8. The van der Waals surface area contributed by atoms with Gasteiger partial charge in [0.05, 0.1) is 34.4 Å².